The van der Waals surface area contributed by atoms with E-state index in [1.165, 1.54) is 11.8 Å². The zero-order valence-corrected chi connectivity index (χ0v) is 16.0. The minimum atomic E-state index is -1.64. The average molecular weight is 350 g/mol. The van der Waals surface area contributed by atoms with Crippen molar-refractivity contribution in [2.75, 3.05) is 13.2 Å². The molecule has 1 radical (unpaired) electrons. The van der Waals surface area contributed by atoms with Gasteiger partial charge in [0.1, 0.15) is 8.07 Å². The van der Waals surface area contributed by atoms with E-state index in [-0.39, 0.29) is 0 Å². The van der Waals surface area contributed by atoms with Gasteiger partial charge in [0.25, 0.3) is 0 Å². The number of unbranched alkanes of at least 4 members (excludes halogenated alkanes) is 1. The summed E-state index contributed by atoms with van der Waals surface area (Å²) < 4.78 is 5.28. The molecule has 5 heteroatoms. The molecule has 0 unspecified atom stereocenters. The van der Waals surface area contributed by atoms with Gasteiger partial charge in [0.05, 0.1) is 12.2 Å². The highest BCUT2D eigenvalue weighted by Crippen LogP contribution is 2.17. The normalized spacial score (nSPS) is 11.3. The molecule has 0 aliphatic heterocycles. The maximum Gasteiger partial charge on any atom is 0.373 e. The van der Waals surface area contributed by atoms with E-state index >= 15 is 0 Å². The first-order chi connectivity index (χ1) is 11.6. The first kappa shape index (κ1) is 20.6. The largest absolute Gasteiger partial charge is 0.378 e. The van der Waals surface area contributed by atoms with Gasteiger partial charge in [-0.3, -0.25) is 4.89 Å². The van der Waals surface area contributed by atoms with Crippen molar-refractivity contribution in [3.8, 4) is 0 Å². The Morgan fingerprint density at radius 2 is 1.83 bits per heavy atom. The van der Waals surface area contributed by atoms with Gasteiger partial charge in [0.2, 0.25) is 0 Å². The zero-order chi connectivity index (χ0) is 17.8. The lowest BCUT2D eigenvalue weighted by Gasteiger charge is -2.25. The summed E-state index contributed by atoms with van der Waals surface area (Å²) in [5.74, 6) is -0.509. The van der Waals surface area contributed by atoms with E-state index in [9.17, 15) is 4.79 Å². The van der Waals surface area contributed by atoms with E-state index in [1.807, 2.05) is 12.1 Å². The summed E-state index contributed by atoms with van der Waals surface area (Å²) in [4.78, 5) is 21.5. The number of carbonyl (C=O) groups is 1. The minimum Gasteiger partial charge on any atom is -0.378 e. The highest BCUT2D eigenvalue weighted by Gasteiger charge is 2.27. The third-order valence-electron chi connectivity index (χ3n) is 4.37. The third kappa shape index (κ3) is 5.89. The first-order valence-electron chi connectivity index (χ1n) is 8.64. The van der Waals surface area contributed by atoms with Crippen LogP contribution in [-0.4, -0.2) is 27.3 Å². The lowest BCUT2D eigenvalue weighted by Crippen LogP contribution is -2.44. The lowest BCUT2D eigenvalue weighted by molar-refractivity contribution is -0.218. The summed E-state index contributed by atoms with van der Waals surface area (Å²) in [6.45, 7) is 12.8. The second-order valence-electron chi connectivity index (χ2n) is 5.71. The van der Waals surface area contributed by atoms with Crippen LogP contribution in [0.1, 0.15) is 44.0 Å². The number of hydrogen-bond donors (Lipinski definition) is 0. The highest BCUT2D eigenvalue weighted by atomic mass is 28.3. The van der Waals surface area contributed by atoms with Crippen LogP contribution < -0.4 is 5.19 Å². The van der Waals surface area contributed by atoms with E-state index in [1.54, 1.807) is 12.1 Å². The number of benzene rings is 1. The molecule has 0 aliphatic rings. The second-order valence-corrected chi connectivity index (χ2v) is 10.4. The summed E-state index contributed by atoms with van der Waals surface area (Å²) in [6, 6.07) is 9.80. The van der Waals surface area contributed by atoms with Crippen molar-refractivity contribution >= 4 is 19.2 Å². The van der Waals surface area contributed by atoms with Crippen LogP contribution in [0, 0.1) is 6.61 Å². The van der Waals surface area contributed by atoms with Crippen molar-refractivity contribution < 1.29 is 19.3 Å². The Balaban J connectivity index is 2.48. The fraction of sp³-hybridized carbons (Fsp3) is 0.474. The smallest absolute Gasteiger partial charge is 0.373 e. The summed E-state index contributed by atoms with van der Waals surface area (Å²) in [7, 11) is -1.64. The van der Waals surface area contributed by atoms with Crippen molar-refractivity contribution in [3.05, 3.63) is 48.7 Å². The van der Waals surface area contributed by atoms with Gasteiger partial charge in [-0.2, -0.15) is 4.89 Å². The van der Waals surface area contributed by atoms with Gasteiger partial charge < -0.3 is 4.74 Å². The van der Waals surface area contributed by atoms with Crippen LogP contribution in [0.3, 0.4) is 0 Å². The van der Waals surface area contributed by atoms with Crippen molar-refractivity contribution in [2.45, 2.75) is 45.7 Å². The summed E-state index contributed by atoms with van der Waals surface area (Å²) in [5.41, 5.74) is 2.59. The Bertz CT molecular complexity index is 495. The van der Waals surface area contributed by atoms with Crippen LogP contribution in [-0.2, 0) is 14.5 Å². The first-order valence-corrected chi connectivity index (χ1v) is 11.1. The van der Waals surface area contributed by atoms with E-state index in [2.05, 4.69) is 33.0 Å². The molecule has 1 aromatic rings. The van der Waals surface area contributed by atoms with Crippen molar-refractivity contribution in [3.63, 3.8) is 0 Å². The average Bonchev–Trinajstić information content (AvgIpc) is 2.63. The predicted molar refractivity (Wildman–Crippen MR) is 99.5 cm³/mol. The highest BCUT2D eigenvalue weighted by molar-refractivity contribution is 6.95. The molecule has 4 nitrogen and oxygen atoms in total. The van der Waals surface area contributed by atoms with Gasteiger partial charge >= 0.3 is 5.97 Å². The monoisotopic (exact) mass is 349 g/mol. The van der Waals surface area contributed by atoms with Crippen LogP contribution in [0.25, 0.3) is 0 Å². The SMILES string of the molecule is C=C[Si](CC)(CC)c1ccc(C(=O)OO[CH]COCCCC)cc1. The Kier molecular flexibility index (Phi) is 9.60. The molecule has 0 spiro atoms. The molecule has 0 fully saturated rings. The van der Waals surface area contributed by atoms with Gasteiger partial charge in [0.15, 0.2) is 6.61 Å². The maximum atomic E-state index is 11.9. The topological polar surface area (TPSA) is 44.8 Å². The summed E-state index contributed by atoms with van der Waals surface area (Å²) >= 11 is 0. The number of ether oxygens (including phenoxy) is 1. The molecule has 0 aromatic heterocycles. The summed E-state index contributed by atoms with van der Waals surface area (Å²) in [6.07, 6.45) is 2.09. The molecule has 0 heterocycles. The van der Waals surface area contributed by atoms with E-state index in [4.69, 9.17) is 14.5 Å². The molecule has 24 heavy (non-hydrogen) atoms. The molecule has 0 bridgehead atoms. The molecule has 0 atom stereocenters. The van der Waals surface area contributed by atoms with Crippen molar-refractivity contribution in [1.82, 2.24) is 0 Å². The predicted octanol–water partition coefficient (Wildman–Crippen LogP) is 4.17. The Morgan fingerprint density at radius 1 is 1.17 bits per heavy atom. The van der Waals surface area contributed by atoms with Crippen molar-refractivity contribution in [1.29, 1.82) is 0 Å². The molecule has 0 saturated carbocycles. The van der Waals surface area contributed by atoms with Crippen LogP contribution in [0.2, 0.25) is 12.1 Å². The van der Waals surface area contributed by atoms with Crippen molar-refractivity contribution in [2.24, 2.45) is 0 Å². The van der Waals surface area contributed by atoms with E-state index in [0.29, 0.717) is 18.8 Å². The van der Waals surface area contributed by atoms with Crippen LogP contribution in [0.5, 0.6) is 0 Å². The molecule has 1 rings (SSSR count). The maximum absolute atomic E-state index is 11.9. The quantitative estimate of drug-likeness (QED) is 0.246. The zero-order valence-electron chi connectivity index (χ0n) is 15.0. The number of carbonyl (C=O) groups excluding carboxylic acids is 1. The minimum absolute atomic E-state index is 0.298. The third-order valence-corrected chi connectivity index (χ3v) is 9.16. The fourth-order valence-corrected chi connectivity index (χ4v) is 5.49. The molecular weight excluding hydrogens is 320 g/mol. The number of hydrogen-bond acceptors (Lipinski definition) is 4. The standard InChI is InChI=1S/C19H29O4Si/c1-5-9-14-21-15-16-22-23-19(20)17-10-12-18(13-11-17)24(6-2,7-3)8-4/h6,10-13,16H,2,5,7-9,14-15H2,1,3-4H3. The lowest BCUT2D eigenvalue weighted by atomic mass is 10.2. The fourth-order valence-electron chi connectivity index (χ4n) is 2.53. The molecular formula is C19H29O4Si. The molecule has 1 aromatic carbocycles. The molecule has 0 amide bonds. The number of rotatable bonds is 12. The molecule has 0 aliphatic carbocycles. The van der Waals surface area contributed by atoms with Gasteiger partial charge in [-0.25, -0.2) is 4.79 Å². The Labute approximate surface area is 146 Å². The Morgan fingerprint density at radius 3 is 2.38 bits per heavy atom. The Hall–Kier alpha value is -1.43. The van der Waals surface area contributed by atoms with Gasteiger partial charge in [0, 0.05) is 6.61 Å². The van der Waals surface area contributed by atoms with Gasteiger partial charge in [-0.05, 0) is 18.6 Å². The summed E-state index contributed by atoms with van der Waals surface area (Å²) in [5, 5.41) is 1.29. The van der Waals surface area contributed by atoms with Gasteiger partial charge in [-0.1, -0.05) is 62.3 Å². The van der Waals surface area contributed by atoms with Crippen LogP contribution in [0.4, 0.5) is 0 Å². The molecule has 133 valence electrons. The van der Waals surface area contributed by atoms with Gasteiger partial charge in [-0.15, -0.1) is 6.58 Å². The van der Waals surface area contributed by atoms with E-state index in [0.717, 1.165) is 24.9 Å². The van der Waals surface area contributed by atoms with Crippen LogP contribution >= 0.6 is 0 Å². The van der Waals surface area contributed by atoms with E-state index < -0.39 is 14.0 Å². The molecule has 0 saturated heterocycles. The second kappa shape index (κ2) is 11.2. The molecule has 0 N–H and O–H groups in total. The van der Waals surface area contributed by atoms with Crippen LogP contribution in [0.15, 0.2) is 36.5 Å².